The van der Waals surface area contributed by atoms with Crippen molar-refractivity contribution in [1.82, 2.24) is 0 Å². The molecule has 1 aliphatic rings. The van der Waals surface area contributed by atoms with Gasteiger partial charge in [-0.2, -0.15) is 17.0 Å². The molecule has 14 heavy (non-hydrogen) atoms. The summed E-state index contributed by atoms with van der Waals surface area (Å²) in [4.78, 5) is 0. The molecule has 0 spiro atoms. The van der Waals surface area contributed by atoms with E-state index >= 15 is 0 Å². The standard InChI is InChI=1S/C11H19NOS/c1-9(2)11(13-8-12)10-6-4-3-5-7-14-10/h9-11H,3-7H2,1-2H3. The lowest BCUT2D eigenvalue weighted by atomic mass is 10.00. The van der Waals surface area contributed by atoms with Gasteiger partial charge in [0.05, 0.1) is 0 Å². The largest absolute Gasteiger partial charge is 0.423 e. The number of nitriles is 1. The number of nitrogens with zero attached hydrogens (tertiary/aromatic N) is 1. The van der Waals surface area contributed by atoms with Gasteiger partial charge < -0.3 is 4.74 Å². The van der Waals surface area contributed by atoms with Crippen LogP contribution < -0.4 is 0 Å². The van der Waals surface area contributed by atoms with E-state index in [1.54, 1.807) is 0 Å². The molecule has 0 aromatic carbocycles. The van der Waals surface area contributed by atoms with E-state index in [9.17, 15) is 0 Å². The molecule has 0 aromatic heterocycles. The molecule has 0 aliphatic carbocycles. The summed E-state index contributed by atoms with van der Waals surface area (Å²) in [6.45, 7) is 4.26. The first-order valence-electron chi connectivity index (χ1n) is 5.42. The molecule has 1 saturated heterocycles. The smallest absolute Gasteiger partial charge is 0.286 e. The van der Waals surface area contributed by atoms with Crippen LogP contribution in [0, 0.1) is 17.4 Å². The molecule has 1 fully saturated rings. The van der Waals surface area contributed by atoms with Crippen LogP contribution >= 0.6 is 11.8 Å². The first-order valence-corrected chi connectivity index (χ1v) is 6.47. The summed E-state index contributed by atoms with van der Waals surface area (Å²) < 4.78 is 5.18. The molecule has 1 heterocycles. The Balaban J connectivity index is 2.52. The van der Waals surface area contributed by atoms with Crippen LogP contribution in [0.3, 0.4) is 0 Å². The zero-order valence-electron chi connectivity index (χ0n) is 9.03. The van der Waals surface area contributed by atoms with Gasteiger partial charge in [0.15, 0.2) is 0 Å². The lowest BCUT2D eigenvalue weighted by molar-refractivity contribution is 0.110. The van der Waals surface area contributed by atoms with Crippen LogP contribution in [0.4, 0.5) is 0 Å². The van der Waals surface area contributed by atoms with Gasteiger partial charge >= 0.3 is 0 Å². The van der Waals surface area contributed by atoms with Crippen LogP contribution in [0.1, 0.15) is 39.5 Å². The Morgan fingerprint density at radius 3 is 2.79 bits per heavy atom. The lowest BCUT2D eigenvalue weighted by Gasteiger charge is -2.26. The molecule has 1 aliphatic heterocycles. The molecule has 0 radical (unpaired) electrons. The summed E-state index contributed by atoms with van der Waals surface area (Å²) >= 11 is 1.98. The molecule has 0 bridgehead atoms. The number of thioether (sulfide) groups is 1. The second-order valence-corrected chi connectivity index (χ2v) is 5.52. The molecule has 0 N–H and O–H groups in total. The Morgan fingerprint density at radius 1 is 1.36 bits per heavy atom. The monoisotopic (exact) mass is 213 g/mol. The molecule has 1 rings (SSSR count). The predicted octanol–water partition coefficient (Wildman–Crippen LogP) is 3.18. The quantitative estimate of drug-likeness (QED) is 0.675. The highest BCUT2D eigenvalue weighted by atomic mass is 32.2. The van der Waals surface area contributed by atoms with Crippen molar-refractivity contribution in [2.45, 2.75) is 50.9 Å². The predicted molar refractivity (Wildman–Crippen MR) is 60.0 cm³/mol. The van der Waals surface area contributed by atoms with Gasteiger partial charge in [-0.25, -0.2) is 0 Å². The number of ether oxygens (including phenoxy) is 1. The maximum Gasteiger partial charge on any atom is 0.286 e. The first kappa shape index (κ1) is 11.7. The van der Waals surface area contributed by atoms with E-state index in [2.05, 4.69) is 13.8 Å². The highest BCUT2D eigenvalue weighted by Crippen LogP contribution is 2.30. The second kappa shape index (κ2) is 6.19. The fourth-order valence-electron chi connectivity index (χ4n) is 1.90. The average molecular weight is 213 g/mol. The highest BCUT2D eigenvalue weighted by molar-refractivity contribution is 7.99. The SMILES string of the molecule is CC(C)C(OC#N)C1CCCCCS1. The Labute approximate surface area is 91.0 Å². The van der Waals surface area contributed by atoms with Gasteiger partial charge in [0.1, 0.15) is 6.10 Å². The van der Waals surface area contributed by atoms with Crippen molar-refractivity contribution in [3.05, 3.63) is 0 Å². The minimum absolute atomic E-state index is 0.114. The molecule has 2 atom stereocenters. The van der Waals surface area contributed by atoms with E-state index in [-0.39, 0.29) is 6.10 Å². The molecular formula is C11H19NOS. The van der Waals surface area contributed by atoms with Gasteiger partial charge in [0.25, 0.3) is 6.26 Å². The third-order valence-electron chi connectivity index (χ3n) is 2.68. The fraction of sp³-hybridized carbons (Fsp3) is 0.909. The fourth-order valence-corrected chi connectivity index (χ4v) is 3.47. The molecule has 0 aromatic rings. The van der Waals surface area contributed by atoms with E-state index in [0.717, 1.165) is 0 Å². The van der Waals surface area contributed by atoms with Gasteiger partial charge in [-0.05, 0) is 24.5 Å². The van der Waals surface area contributed by atoms with Crippen molar-refractivity contribution in [3.63, 3.8) is 0 Å². The number of hydrogen-bond donors (Lipinski definition) is 0. The maximum atomic E-state index is 8.61. The van der Waals surface area contributed by atoms with Crippen molar-refractivity contribution in [1.29, 1.82) is 5.26 Å². The summed E-state index contributed by atoms with van der Waals surface area (Å²) in [7, 11) is 0. The number of hydrogen-bond acceptors (Lipinski definition) is 3. The third kappa shape index (κ3) is 3.42. The molecule has 2 unspecified atom stereocenters. The average Bonchev–Trinajstić information content (AvgIpc) is 2.41. The minimum atomic E-state index is 0.114. The Bertz CT molecular complexity index is 192. The van der Waals surface area contributed by atoms with E-state index in [4.69, 9.17) is 10.00 Å². The summed E-state index contributed by atoms with van der Waals surface area (Å²) in [5, 5.41) is 9.13. The lowest BCUT2D eigenvalue weighted by Crippen LogP contribution is -2.30. The Kier molecular flexibility index (Phi) is 5.17. The highest BCUT2D eigenvalue weighted by Gasteiger charge is 2.27. The normalized spacial score (nSPS) is 25.1. The molecule has 0 saturated carbocycles. The van der Waals surface area contributed by atoms with Gasteiger partial charge in [-0.3, -0.25) is 0 Å². The van der Waals surface area contributed by atoms with E-state index in [0.29, 0.717) is 11.2 Å². The van der Waals surface area contributed by atoms with Gasteiger partial charge in [-0.1, -0.05) is 26.7 Å². The summed E-state index contributed by atoms with van der Waals surface area (Å²) in [6, 6.07) is 0. The van der Waals surface area contributed by atoms with Crippen LogP contribution in [0.2, 0.25) is 0 Å². The molecule has 3 heteroatoms. The Morgan fingerprint density at radius 2 is 2.14 bits per heavy atom. The molecule has 2 nitrogen and oxygen atoms in total. The van der Waals surface area contributed by atoms with Crippen LogP contribution in [-0.2, 0) is 4.74 Å². The third-order valence-corrected chi connectivity index (χ3v) is 4.13. The van der Waals surface area contributed by atoms with Crippen molar-refractivity contribution in [2.75, 3.05) is 5.75 Å². The van der Waals surface area contributed by atoms with E-state index < -0.39 is 0 Å². The summed E-state index contributed by atoms with van der Waals surface area (Å²) in [6.07, 6.45) is 7.11. The van der Waals surface area contributed by atoms with Gasteiger partial charge in [-0.15, -0.1) is 0 Å². The maximum absolute atomic E-state index is 8.61. The topological polar surface area (TPSA) is 33.0 Å². The van der Waals surface area contributed by atoms with Gasteiger partial charge in [0.2, 0.25) is 0 Å². The van der Waals surface area contributed by atoms with Crippen LogP contribution in [0.15, 0.2) is 0 Å². The molecule has 80 valence electrons. The Hall–Kier alpha value is -0.360. The molecule has 0 amide bonds. The number of rotatable bonds is 3. The second-order valence-electron chi connectivity index (χ2n) is 4.18. The summed E-state index contributed by atoms with van der Waals surface area (Å²) in [5.74, 6) is 1.66. The van der Waals surface area contributed by atoms with Crippen molar-refractivity contribution in [2.24, 2.45) is 5.92 Å². The van der Waals surface area contributed by atoms with Crippen LogP contribution in [0.5, 0.6) is 0 Å². The van der Waals surface area contributed by atoms with Crippen molar-refractivity contribution < 1.29 is 4.74 Å². The van der Waals surface area contributed by atoms with Crippen LogP contribution in [0.25, 0.3) is 0 Å². The van der Waals surface area contributed by atoms with Crippen molar-refractivity contribution >= 4 is 11.8 Å². The van der Waals surface area contributed by atoms with E-state index in [1.165, 1.54) is 31.4 Å². The summed E-state index contributed by atoms with van der Waals surface area (Å²) in [5.41, 5.74) is 0. The van der Waals surface area contributed by atoms with Gasteiger partial charge in [0, 0.05) is 5.25 Å². The molecular weight excluding hydrogens is 194 g/mol. The zero-order valence-corrected chi connectivity index (χ0v) is 9.85. The van der Waals surface area contributed by atoms with Crippen molar-refractivity contribution in [3.8, 4) is 6.26 Å². The van der Waals surface area contributed by atoms with E-state index in [1.807, 2.05) is 18.0 Å². The van der Waals surface area contributed by atoms with Crippen LogP contribution in [-0.4, -0.2) is 17.1 Å². The minimum Gasteiger partial charge on any atom is -0.423 e. The zero-order chi connectivity index (χ0) is 10.4. The first-order chi connectivity index (χ1) is 6.75.